The van der Waals surface area contributed by atoms with Crippen LogP contribution in [0.5, 0.6) is 0 Å². The Labute approximate surface area is 76.7 Å². The van der Waals surface area contributed by atoms with Crippen molar-refractivity contribution >= 4 is 17.6 Å². The summed E-state index contributed by atoms with van der Waals surface area (Å²) < 4.78 is 5.12. The maximum atomic E-state index is 10.7. The van der Waals surface area contributed by atoms with Crippen LogP contribution in [0.4, 0.5) is 0 Å². The van der Waals surface area contributed by atoms with Crippen LogP contribution in [-0.2, 0) is 9.53 Å². The van der Waals surface area contributed by atoms with Gasteiger partial charge in [-0.2, -0.15) is 0 Å². The molecule has 0 aromatic heterocycles. The van der Waals surface area contributed by atoms with Crippen molar-refractivity contribution in [1.82, 2.24) is 0 Å². The van der Waals surface area contributed by atoms with Gasteiger partial charge < -0.3 is 9.84 Å². The van der Waals surface area contributed by atoms with Gasteiger partial charge in [0.25, 0.3) is 0 Å². The summed E-state index contributed by atoms with van der Waals surface area (Å²) in [5, 5.41) is 8.82. The van der Waals surface area contributed by atoms with Gasteiger partial charge in [-0.1, -0.05) is 0 Å². The van der Waals surface area contributed by atoms with Gasteiger partial charge in [-0.15, -0.1) is 11.6 Å². The summed E-state index contributed by atoms with van der Waals surface area (Å²) in [6, 6.07) is 0. The Hall–Kier alpha value is -0.280. The number of carboxylic acid groups (broad SMARTS) is 1. The molecular formula is C8H13ClO3. The molecule has 0 spiro atoms. The summed E-state index contributed by atoms with van der Waals surface area (Å²) >= 11 is 5.89. The van der Waals surface area contributed by atoms with E-state index in [0.717, 1.165) is 12.8 Å². The number of carbonyl (C=O) groups is 1. The molecule has 1 heterocycles. The van der Waals surface area contributed by atoms with Crippen molar-refractivity contribution in [2.75, 3.05) is 13.2 Å². The number of hydrogen-bond donors (Lipinski definition) is 1. The Balaban J connectivity index is 2.59. The van der Waals surface area contributed by atoms with E-state index in [1.165, 1.54) is 0 Å². The van der Waals surface area contributed by atoms with Gasteiger partial charge >= 0.3 is 5.97 Å². The van der Waals surface area contributed by atoms with Crippen molar-refractivity contribution in [1.29, 1.82) is 0 Å². The zero-order chi connectivity index (χ0) is 9.19. The van der Waals surface area contributed by atoms with Crippen molar-refractivity contribution in [2.45, 2.75) is 24.6 Å². The van der Waals surface area contributed by atoms with Crippen molar-refractivity contribution < 1.29 is 14.6 Å². The van der Waals surface area contributed by atoms with Crippen molar-refractivity contribution in [3.05, 3.63) is 0 Å². The molecule has 3 nitrogen and oxygen atoms in total. The molecule has 70 valence electrons. The van der Waals surface area contributed by atoms with Gasteiger partial charge in [-0.05, 0) is 25.7 Å². The van der Waals surface area contributed by atoms with Gasteiger partial charge in [-0.3, -0.25) is 4.79 Å². The molecule has 0 radical (unpaired) electrons. The fourth-order valence-electron chi connectivity index (χ4n) is 1.41. The molecule has 1 rings (SSSR count). The third kappa shape index (κ3) is 1.90. The second-order valence-corrected chi connectivity index (χ2v) is 4.05. The van der Waals surface area contributed by atoms with E-state index in [9.17, 15) is 4.79 Å². The molecule has 12 heavy (non-hydrogen) atoms. The highest BCUT2D eigenvalue weighted by atomic mass is 35.5. The van der Waals surface area contributed by atoms with Crippen LogP contribution in [0.25, 0.3) is 0 Å². The van der Waals surface area contributed by atoms with Crippen LogP contribution < -0.4 is 0 Å². The van der Waals surface area contributed by atoms with E-state index in [4.69, 9.17) is 21.4 Å². The Bertz CT molecular complexity index is 173. The largest absolute Gasteiger partial charge is 0.480 e. The van der Waals surface area contributed by atoms with E-state index in [-0.39, 0.29) is 5.92 Å². The SMILES string of the molecule is CC(Cl)(C(=O)O)C1CCOCC1. The number of halogens is 1. The van der Waals surface area contributed by atoms with Gasteiger partial charge in [0.15, 0.2) is 0 Å². The molecule has 1 unspecified atom stereocenters. The van der Waals surface area contributed by atoms with Crippen LogP contribution in [0.2, 0.25) is 0 Å². The Morgan fingerprint density at radius 3 is 2.50 bits per heavy atom. The highest BCUT2D eigenvalue weighted by Gasteiger charge is 2.39. The molecule has 0 bridgehead atoms. The van der Waals surface area contributed by atoms with Crippen molar-refractivity contribution in [2.24, 2.45) is 5.92 Å². The lowest BCUT2D eigenvalue weighted by atomic mass is 9.87. The van der Waals surface area contributed by atoms with Crippen LogP contribution in [0.1, 0.15) is 19.8 Å². The molecule has 0 aromatic carbocycles. The first-order valence-electron chi connectivity index (χ1n) is 4.05. The summed E-state index contributed by atoms with van der Waals surface area (Å²) in [5.41, 5.74) is 0. The number of carboxylic acids is 1. The third-order valence-corrected chi connectivity index (χ3v) is 2.88. The van der Waals surface area contributed by atoms with Crippen LogP contribution in [0, 0.1) is 5.92 Å². The number of hydrogen-bond acceptors (Lipinski definition) is 2. The number of ether oxygens (including phenoxy) is 1. The monoisotopic (exact) mass is 192 g/mol. The number of alkyl halides is 1. The van der Waals surface area contributed by atoms with Gasteiger partial charge in [0.2, 0.25) is 0 Å². The lowest BCUT2D eigenvalue weighted by Gasteiger charge is -2.31. The minimum absolute atomic E-state index is 0.0328. The molecule has 0 saturated carbocycles. The third-order valence-electron chi connectivity index (χ3n) is 2.41. The van der Waals surface area contributed by atoms with Crippen LogP contribution in [-0.4, -0.2) is 29.2 Å². The zero-order valence-electron chi connectivity index (χ0n) is 7.05. The van der Waals surface area contributed by atoms with E-state index in [0.29, 0.717) is 13.2 Å². The molecule has 1 aliphatic rings. The molecule has 1 N–H and O–H groups in total. The zero-order valence-corrected chi connectivity index (χ0v) is 7.80. The van der Waals surface area contributed by atoms with Gasteiger partial charge in [0.05, 0.1) is 0 Å². The summed E-state index contributed by atoms with van der Waals surface area (Å²) in [4.78, 5) is 9.63. The highest BCUT2D eigenvalue weighted by molar-refractivity contribution is 6.33. The van der Waals surface area contributed by atoms with E-state index in [1.54, 1.807) is 6.92 Å². The summed E-state index contributed by atoms with van der Waals surface area (Å²) in [6.07, 6.45) is 1.48. The topological polar surface area (TPSA) is 46.5 Å². The van der Waals surface area contributed by atoms with E-state index < -0.39 is 10.8 Å². The molecule has 1 fully saturated rings. The summed E-state index contributed by atoms with van der Waals surface area (Å²) in [7, 11) is 0. The first-order chi connectivity index (χ1) is 5.55. The maximum absolute atomic E-state index is 10.7. The fourth-order valence-corrected chi connectivity index (χ4v) is 1.63. The molecule has 1 saturated heterocycles. The molecule has 0 amide bonds. The van der Waals surface area contributed by atoms with E-state index in [1.807, 2.05) is 0 Å². The van der Waals surface area contributed by atoms with Crippen LogP contribution in [0.15, 0.2) is 0 Å². The summed E-state index contributed by atoms with van der Waals surface area (Å²) in [6.45, 7) is 2.81. The average Bonchev–Trinajstić information content (AvgIpc) is 2.06. The predicted molar refractivity (Wildman–Crippen MR) is 45.4 cm³/mol. The fraction of sp³-hybridized carbons (Fsp3) is 0.875. The van der Waals surface area contributed by atoms with Crippen LogP contribution in [0.3, 0.4) is 0 Å². The highest BCUT2D eigenvalue weighted by Crippen LogP contribution is 2.32. The minimum Gasteiger partial charge on any atom is -0.480 e. The lowest BCUT2D eigenvalue weighted by molar-refractivity contribution is -0.142. The maximum Gasteiger partial charge on any atom is 0.324 e. The van der Waals surface area contributed by atoms with Crippen LogP contribution >= 0.6 is 11.6 Å². The summed E-state index contributed by atoms with van der Waals surface area (Å²) in [5.74, 6) is -0.901. The molecule has 4 heteroatoms. The standard InChI is InChI=1S/C8H13ClO3/c1-8(9,7(10)11)6-2-4-12-5-3-6/h6H,2-5H2,1H3,(H,10,11). The molecular weight excluding hydrogens is 180 g/mol. The normalized spacial score (nSPS) is 24.8. The number of aliphatic carboxylic acids is 1. The molecule has 1 atom stereocenters. The first kappa shape index (κ1) is 9.81. The minimum atomic E-state index is -1.12. The van der Waals surface area contributed by atoms with Gasteiger partial charge in [-0.25, -0.2) is 0 Å². The average molecular weight is 193 g/mol. The number of rotatable bonds is 2. The molecule has 0 aliphatic carbocycles. The smallest absolute Gasteiger partial charge is 0.324 e. The van der Waals surface area contributed by atoms with Crippen molar-refractivity contribution in [3.63, 3.8) is 0 Å². The molecule has 0 aromatic rings. The Morgan fingerprint density at radius 1 is 1.58 bits per heavy atom. The Morgan fingerprint density at radius 2 is 2.08 bits per heavy atom. The van der Waals surface area contributed by atoms with Gasteiger partial charge in [0, 0.05) is 13.2 Å². The second kappa shape index (κ2) is 3.62. The van der Waals surface area contributed by atoms with Crippen molar-refractivity contribution in [3.8, 4) is 0 Å². The molecule has 1 aliphatic heterocycles. The van der Waals surface area contributed by atoms with E-state index >= 15 is 0 Å². The lowest BCUT2D eigenvalue weighted by Crippen LogP contribution is -2.40. The second-order valence-electron chi connectivity index (χ2n) is 3.27. The quantitative estimate of drug-likeness (QED) is 0.675. The first-order valence-corrected chi connectivity index (χ1v) is 4.43. The van der Waals surface area contributed by atoms with Gasteiger partial charge in [0.1, 0.15) is 4.87 Å². The Kier molecular flexibility index (Phi) is 2.96. The van der Waals surface area contributed by atoms with E-state index in [2.05, 4.69) is 0 Å². The predicted octanol–water partition coefficient (Wildman–Crippen LogP) is 1.50.